The largest absolute Gasteiger partial charge is 0.380 e. The number of hydrogen-bond acceptors (Lipinski definition) is 2. The van der Waals surface area contributed by atoms with Crippen LogP contribution in [0.15, 0.2) is 48.5 Å². The maximum atomic E-state index is 5.17. The van der Waals surface area contributed by atoms with E-state index >= 15 is 0 Å². The van der Waals surface area contributed by atoms with Crippen LogP contribution < -0.4 is 5.32 Å². The third kappa shape index (κ3) is 3.92. The average molecular weight is 269 g/mol. The van der Waals surface area contributed by atoms with E-state index < -0.39 is 0 Å². The van der Waals surface area contributed by atoms with Crippen LogP contribution in [-0.4, -0.2) is 7.11 Å². The van der Waals surface area contributed by atoms with Crippen LogP contribution in [0, 0.1) is 6.92 Å². The normalized spacial score (nSPS) is 12.3. The summed E-state index contributed by atoms with van der Waals surface area (Å²) in [5.41, 5.74) is 5.21. The summed E-state index contributed by atoms with van der Waals surface area (Å²) in [6.07, 6.45) is 0. The molecule has 0 unspecified atom stereocenters. The van der Waals surface area contributed by atoms with Crippen molar-refractivity contribution in [2.45, 2.75) is 33.0 Å². The standard InChI is InChI=1S/C18H23NO/c1-14-7-4-5-10-18(14)15(2)19-12-16-8-6-9-17(11-16)13-20-3/h4-11,15,19H,12-13H2,1-3H3/t15-/m1/s1. The molecule has 2 aromatic carbocycles. The molecule has 1 atom stereocenters. The number of rotatable bonds is 6. The van der Waals surface area contributed by atoms with Crippen LogP contribution in [0.25, 0.3) is 0 Å². The van der Waals surface area contributed by atoms with E-state index in [9.17, 15) is 0 Å². The van der Waals surface area contributed by atoms with Gasteiger partial charge in [0.1, 0.15) is 0 Å². The minimum absolute atomic E-state index is 0.349. The summed E-state index contributed by atoms with van der Waals surface area (Å²) in [7, 11) is 1.73. The molecule has 0 aliphatic rings. The topological polar surface area (TPSA) is 21.3 Å². The average Bonchev–Trinajstić information content (AvgIpc) is 2.46. The first kappa shape index (κ1) is 14.8. The van der Waals surface area contributed by atoms with Crippen molar-refractivity contribution in [2.75, 3.05) is 7.11 Å². The molecule has 0 radical (unpaired) electrons. The molecule has 1 N–H and O–H groups in total. The van der Waals surface area contributed by atoms with Crippen molar-refractivity contribution < 1.29 is 4.74 Å². The van der Waals surface area contributed by atoms with Crippen molar-refractivity contribution in [1.29, 1.82) is 0 Å². The third-order valence-corrected chi connectivity index (χ3v) is 3.57. The SMILES string of the molecule is COCc1cccc(CN[C@H](C)c2ccccc2C)c1. The highest BCUT2D eigenvalue weighted by Gasteiger charge is 2.07. The summed E-state index contributed by atoms with van der Waals surface area (Å²) in [6.45, 7) is 5.91. The lowest BCUT2D eigenvalue weighted by Gasteiger charge is -2.17. The summed E-state index contributed by atoms with van der Waals surface area (Å²) in [5, 5.41) is 3.58. The summed E-state index contributed by atoms with van der Waals surface area (Å²) >= 11 is 0. The van der Waals surface area contributed by atoms with Crippen LogP contribution in [-0.2, 0) is 17.9 Å². The third-order valence-electron chi connectivity index (χ3n) is 3.57. The Balaban J connectivity index is 1.98. The number of benzene rings is 2. The minimum atomic E-state index is 0.349. The second kappa shape index (κ2) is 7.22. The van der Waals surface area contributed by atoms with E-state index in [1.165, 1.54) is 22.3 Å². The van der Waals surface area contributed by atoms with Gasteiger partial charge in [-0.2, -0.15) is 0 Å². The van der Waals surface area contributed by atoms with Gasteiger partial charge in [-0.1, -0.05) is 48.5 Å². The van der Waals surface area contributed by atoms with Crippen molar-refractivity contribution in [3.63, 3.8) is 0 Å². The minimum Gasteiger partial charge on any atom is -0.380 e. The predicted molar refractivity (Wildman–Crippen MR) is 83.6 cm³/mol. The molecule has 0 amide bonds. The summed E-state index contributed by atoms with van der Waals surface area (Å²) in [4.78, 5) is 0. The van der Waals surface area contributed by atoms with Gasteiger partial charge >= 0.3 is 0 Å². The maximum absolute atomic E-state index is 5.17. The van der Waals surface area contributed by atoms with Crippen molar-refractivity contribution >= 4 is 0 Å². The molecule has 0 heterocycles. The van der Waals surface area contributed by atoms with Gasteiger partial charge in [0, 0.05) is 19.7 Å². The summed E-state index contributed by atoms with van der Waals surface area (Å²) < 4.78 is 5.17. The Hall–Kier alpha value is -1.64. The Morgan fingerprint density at radius 1 is 1.05 bits per heavy atom. The molecule has 2 rings (SSSR count). The lowest BCUT2D eigenvalue weighted by molar-refractivity contribution is 0.185. The smallest absolute Gasteiger partial charge is 0.0713 e. The van der Waals surface area contributed by atoms with Gasteiger partial charge in [-0.15, -0.1) is 0 Å². The van der Waals surface area contributed by atoms with E-state index in [4.69, 9.17) is 4.74 Å². The van der Waals surface area contributed by atoms with Crippen LogP contribution in [0.5, 0.6) is 0 Å². The zero-order valence-corrected chi connectivity index (χ0v) is 12.5. The van der Waals surface area contributed by atoms with Gasteiger partial charge in [-0.25, -0.2) is 0 Å². The van der Waals surface area contributed by atoms with Gasteiger partial charge in [-0.05, 0) is 36.1 Å². The van der Waals surface area contributed by atoms with Gasteiger partial charge in [0.2, 0.25) is 0 Å². The quantitative estimate of drug-likeness (QED) is 0.856. The molecule has 0 aromatic heterocycles. The van der Waals surface area contributed by atoms with Crippen molar-refractivity contribution in [1.82, 2.24) is 5.32 Å². The van der Waals surface area contributed by atoms with Crippen LogP contribution >= 0.6 is 0 Å². The Bertz CT molecular complexity index is 551. The fourth-order valence-electron chi connectivity index (χ4n) is 2.45. The van der Waals surface area contributed by atoms with Crippen molar-refractivity contribution in [3.8, 4) is 0 Å². The molecular weight excluding hydrogens is 246 g/mol. The van der Waals surface area contributed by atoms with Crippen molar-refractivity contribution in [2.24, 2.45) is 0 Å². The zero-order chi connectivity index (χ0) is 14.4. The van der Waals surface area contributed by atoms with Gasteiger partial charge in [0.15, 0.2) is 0 Å². The van der Waals surface area contributed by atoms with Crippen LogP contribution in [0.2, 0.25) is 0 Å². The number of nitrogens with one attached hydrogen (secondary N) is 1. The Morgan fingerprint density at radius 3 is 2.55 bits per heavy atom. The first-order valence-corrected chi connectivity index (χ1v) is 7.06. The molecule has 0 saturated carbocycles. The first-order chi connectivity index (χ1) is 9.70. The molecular formula is C18H23NO. The van der Waals surface area contributed by atoms with E-state index in [0.29, 0.717) is 12.6 Å². The van der Waals surface area contributed by atoms with E-state index in [1.807, 2.05) is 0 Å². The molecule has 0 aliphatic heterocycles. The van der Waals surface area contributed by atoms with Crippen molar-refractivity contribution in [3.05, 3.63) is 70.8 Å². The van der Waals surface area contributed by atoms with Gasteiger partial charge < -0.3 is 10.1 Å². The Labute approximate surface area is 121 Å². The van der Waals surface area contributed by atoms with Crippen LogP contribution in [0.1, 0.15) is 35.2 Å². The van der Waals surface area contributed by atoms with E-state index in [1.54, 1.807) is 7.11 Å². The highest BCUT2D eigenvalue weighted by molar-refractivity contribution is 5.29. The molecule has 2 aromatic rings. The molecule has 0 aliphatic carbocycles. The second-order valence-electron chi connectivity index (χ2n) is 5.21. The molecule has 2 heteroatoms. The lowest BCUT2D eigenvalue weighted by atomic mass is 10.0. The number of methoxy groups -OCH3 is 1. The highest BCUT2D eigenvalue weighted by atomic mass is 16.5. The van der Waals surface area contributed by atoms with Crippen LogP contribution in [0.4, 0.5) is 0 Å². The van der Waals surface area contributed by atoms with Crippen LogP contribution in [0.3, 0.4) is 0 Å². The molecule has 0 fully saturated rings. The van der Waals surface area contributed by atoms with Gasteiger partial charge in [0.25, 0.3) is 0 Å². The zero-order valence-electron chi connectivity index (χ0n) is 12.5. The molecule has 2 nitrogen and oxygen atoms in total. The lowest BCUT2D eigenvalue weighted by Crippen LogP contribution is -2.18. The molecule has 0 bridgehead atoms. The number of ether oxygens (including phenoxy) is 1. The van der Waals surface area contributed by atoms with E-state index in [0.717, 1.165) is 6.54 Å². The molecule has 0 saturated heterocycles. The fourth-order valence-corrected chi connectivity index (χ4v) is 2.45. The van der Waals surface area contributed by atoms with Gasteiger partial charge in [-0.3, -0.25) is 0 Å². The monoisotopic (exact) mass is 269 g/mol. The second-order valence-corrected chi connectivity index (χ2v) is 5.21. The molecule has 106 valence electrons. The maximum Gasteiger partial charge on any atom is 0.0713 e. The van der Waals surface area contributed by atoms with Gasteiger partial charge in [0.05, 0.1) is 6.61 Å². The number of aryl methyl sites for hydroxylation is 1. The molecule has 20 heavy (non-hydrogen) atoms. The first-order valence-electron chi connectivity index (χ1n) is 7.06. The Morgan fingerprint density at radius 2 is 1.80 bits per heavy atom. The summed E-state index contributed by atoms with van der Waals surface area (Å²) in [5.74, 6) is 0. The fraction of sp³-hybridized carbons (Fsp3) is 0.333. The molecule has 0 spiro atoms. The Kier molecular flexibility index (Phi) is 5.33. The highest BCUT2D eigenvalue weighted by Crippen LogP contribution is 2.17. The van der Waals surface area contributed by atoms with E-state index in [2.05, 4.69) is 67.7 Å². The van der Waals surface area contributed by atoms with E-state index in [-0.39, 0.29) is 0 Å². The predicted octanol–water partition coefficient (Wildman–Crippen LogP) is 3.99. The number of hydrogen-bond donors (Lipinski definition) is 1. The summed E-state index contributed by atoms with van der Waals surface area (Å²) in [6, 6.07) is 17.4.